The quantitative estimate of drug-likeness (QED) is 0.836. The molecule has 0 saturated carbocycles. The van der Waals surface area contributed by atoms with E-state index in [1.54, 1.807) is 0 Å². The van der Waals surface area contributed by atoms with Crippen LogP contribution in [0.15, 0.2) is 54.6 Å². The van der Waals surface area contributed by atoms with E-state index in [4.69, 9.17) is 10.5 Å². The van der Waals surface area contributed by atoms with Gasteiger partial charge >= 0.3 is 0 Å². The van der Waals surface area contributed by atoms with E-state index in [9.17, 15) is 0 Å². The smallest absolute Gasteiger partial charge is 0.138 e. The van der Waals surface area contributed by atoms with Gasteiger partial charge in [-0.3, -0.25) is 0 Å². The Hall–Kier alpha value is -1.80. The third kappa shape index (κ3) is 4.08. The van der Waals surface area contributed by atoms with Crippen LogP contribution in [0.5, 0.6) is 5.75 Å². The lowest BCUT2D eigenvalue weighted by Gasteiger charge is -2.23. The van der Waals surface area contributed by atoms with Crippen molar-refractivity contribution >= 4 is 0 Å². The van der Waals surface area contributed by atoms with E-state index >= 15 is 0 Å². The van der Waals surface area contributed by atoms with Gasteiger partial charge in [0.1, 0.15) is 11.9 Å². The van der Waals surface area contributed by atoms with E-state index in [2.05, 4.69) is 38.1 Å². The van der Waals surface area contributed by atoms with Gasteiger partial charge in [-0.05, 0) is 42.5 Å². The van der Waals surface area contributed by atoms with Crippen molar-refractivity contribution in [3.8, 4) is 5.75 Å². The molecule has 2 aromatic rings. The predicted octanol–water partition coefficient (Wildman–Crippen LogP) is 4.67. The van der Waals surface area contributed by atoms with E-state index in [1.807, 2.05) is 37.3 Å². The summed E-state index contributed by atoms with van der Waals surface area (Å²) >= 11 is 0. The first kappa shape index (κ1) is 15.6. The van der Waals surface area contributed by atoms with Gasteiger partial charge in [0, 0.05) is 6.04 Å². The summed E-state index contributed by atoms with van der Waals surface area (Å²) in [6.45, 7) is 6.42. The summed E-state index contributed by atoms with van der Waals surface area (Å²) in [5.41, 5.74) is 8.55. The lowest BCUT2D eigenvalue weighted by atomic mass is 9.99. The van der Waals surface area contributed by atoms with E-state index < -0.39 is 0 Å². The highest BCUT2D eigenvalue weighted by Crippen LogP contribution is 2.26. The minimum atomic E-state index is -0.124. The van der Waals surface area contributed by atoms with Crippen LogP contribution >= 0.6 is 0 Å². The molecule has 0 radical (unpaired) electrons. The van der Waals surface area contributed by atoms with Gasteiger partial charge in [-0.1, -0.05) is 56.3 Å². The first-order valence-electron chi connectivity index (χ1n) is 7.69. The van der Waals surface area contributed by atoms with Gasteiger partial charge in [-0.2, -0.15) is 0 Å². The molecule has 0 fully saturated rings. The monoisotopic (exact) mass is 283 g/mol. The fourth-order valence-corrected chi connectivity index (χ4v) is 2.38. The van der Waals surface area contributed by atoms with Crippen LogP contribution in [0.3, 0.4) is 0 Å². The molecule has 2 N–H and O–H groups in total. The zero-order valence-corrected chi connectivity index (χ0v) is 13.1. The van der Waals surface area contributed by atoms with Gasteiger partial charge in [0.15, 0.2) is 0 Å². The van der Waals surface area contributed by atoms with Crippen LogP contribution in [0.2, 0.25) is 0 Å². The summed E-state index contributed by atoms with van der Waals surface area (Å²) in [6, 6.07) is 18.5. The Labute approximate surface area is 127 Å². The first-order valence-corrected chi connectivity index (χ1v) is 7.69. The minimum absolute atomic E-state index is 0.0679. The number of ether oxygens (including phenoxy) is 1. The topological polar surface area (TPSA) is 35.2 Å². The third-order valence-electron chi connectivity index (χ3n) is 3.93. The Morgan fingerprint density at radius 3 is 2.05 bits per heavy atom. The molecule has 2 heteroatoms. The molecule has 0 aliphatic rings. The van der Waals surface area contributed by atoms with Crippen LogP contribution < -0.4 is 10.5 Å². The van der Waals surface area contributed by atoms with Crippen molar-refractivity contribution in [3.05, 3.63) is 65.7 Å². The van der Waals surface area contributed by atoms with Gasteiger partial charge in [0.05, 0.1) is 0 Å². The van der Waals surface area contributed by atoms with Crippen molar-refractivity contribution < 1.29 is 4.74 Å². The van der Waals surface area contributed by atoms with Crippen LogP contribution in [0.1, 0.15) is 50.3 Å². The SMILES string of the molecule is CCC(C)c1ccc(OC(c2ccccc2)C(C)N)cc1. The summed E-state index contributed by atoms with van der Waals surface area (Å²) < 4.78 is 6.11. The Kier molecular flexibility index (Phi) is 5.40. The van der Waals surface area contributed by atoms with Crippen molar-refractivity contribution in [2.75, 3.05) is 0 Å². The zero-order valence-electron chi connectivity index (χ0n) is 13.1. The summed E-state index contributed by atoms with van der Waals surface area (Å²) in [5, 5.41) is 0. The highest BCUT2D eigenvalue weighted by molar-refractivity contribution is 5.30. The van der Waals surface area contributed by atoms with Crippen LogP contribution in [-0.4, -0.2) is 6.04 Å². The lowest BCUT2D eigenvalue weighted by molar-refractivity contribution is 0.180. The molecular formula is C19H25NO. The molecule has 0 saturated heterocycles. The largest absolute Gasteiger partial charge is 0.484 e. The maximum absolute atomic E-state index is 6.11. The third-order valence-corrected chi connectivity index (χ3v) is 3.93. The molecule has 0 bridgehead atoms. The number of benzene rings is 2. The maximum atomic E-state index is 6.11. The van der Waals surface area contributed by atoms with Crippen molar-refractivity contribution in [3.63, 3.8) is 0 Å². The highest BCUT2D eigenvalue weighted by Gasteiger charge is 2.18. The second-order valence-corrected chi connectivity index (χ2v) is 5.69. The molecule has 21 heavy (non-hydrogen) atoms. The number of hydrogen-bond acceptors (Lipinski definition) is 2. The van der Waals surface area contributed by atoms with Gasteiger partial charge in [-0.25, -0.2) is 0 Å². The average molecular weight is 283 g/mol. The lowest BCUT2D eigenvalue weighted by Crippen LogP contribution is -2.29. The van der Waals surface area contributed by atoms with Crippen LogP contribution in [0.4, 0.5) is 0 Å². The van der Waals surface area contributed by atoms with E-state index in [0.717, 1.165) is 17.7 Å². The second-order valence-electron chi connectivity index (χ2n) is 5.69. The molecule has 2 rings (SSSR count). The molecule has 3 atom stereocenters. The Morgan fingerprint density at radius 2 is 1.52 bits per heavy atom. The van der Waals surface area contributed by atoms with Gasteiger partial charge in [0.2, 0.25) is 0 Å². The van der Waals surface area contributed by atoms with Crippen LogP contribution in [-0.2, 0) is 0 Å². The van der Waals surface area contributed by atoms with Crippen molar-refractivity contribution in [2.24, 2.45) is 5.73 Å². The molecule has 2 nitrogen and oxygen atoms in total. The van der Waals surface area contributed by atoms with Crippen molar-refractivity contribution in [2.45, 2.75) is 45.3 Å². The Balaban J connectivity index is 2.14. The summed E-state index contributed by atoms with van der Waals surface area (Å²) in [6.07, 6.45) is 1.02. The van der Waals surface area contributed by atoms with E-state index in [1.165, 1.54) is 5.56 Å². The standard InChI is InChI=1S/C19H25NO/c1-4-14(2)16-10-12-18(13-11-16)21-19(15(3)20)17-8-6-5-7-9-17/h5-15,19H,4,20H2,1-3H3. The molecular weight excluding hydrogens is 258 g/mol. The summed E-state index contributed by atoms with van der Waals surface area (Å²) in [4.78, 5) is 0. The van der Waals surface area contributed by atoms with E-state index in [0.29, 0.717) is 5.92 Å². The maximum Gasteiger partial charge on any atom is 0.138 e. The summed E-state index contributed by atoms with van der Waals surface area (Å²) in [5.74, 6) is 1.45. The first-order chi connectivity index (χ1) is 10.1. The van der Waals surface area contributed by atoms with Crippen molar-refractivity contribution in [1.29, 1.82) is 0 Å². The fraction of sp³-hybridized carbons (Fsp3) is 0.368. The van der Waals surface area contributed by atoms with Crippen LogP contribution in [0.25, 0.3) is 0 Å². The van der Waals surface area contributed by atoms with E-state index in [-0.39, 0.29) is 12.1 Å². The molecule has 0 aromatic heterocycles. The Morgan fingerprint density at radius 1 is 0.905 bits per heavy atom. The summed E-state index contributed by atoms with van der Waals surface area (Å²) in [7, 11) is 0. The normalized spacial score (nSPS) is 15.2. The minimum Gasteiger partial charge on any atom is -0.484 e. The predicted molar refractivity (Wildman–Crippen MR) is 88.6 cm³/mol. The molecule has 0 heterocycles. The zero-order chi connectivity index (χ0) is 15.2. The van der Waals surface area contributed by atoms with Gasteiger partial charge in [-0.15, -0.1) is 0 Å². The van der Waals surface area contributed by atoms with Crippen LogP contribution in [0, 0.1) is 0 Å². The molecule has 112 valence electrons. The average Bonchev–Trinajstić information content (AvgIpc) is 2.53. The Bertz CT molecular complexity index is 533. The molecule has 0 spiro atoms. The highest BCUT2D eigenvalue weighted by atomic mass is 16.5. The second kappa shape index (κ2) is 7.28. The molecule has 3 unspecified atom stereocenters. The number of rotatable bonds is 6. The van der Waals surface area contributed by atoms with Crippen molar-refractivity contribution in [1.82, 2.24) is 0 Å². The molecule has 0 aliphatic carbocycles. The molecule has 0 aliphatic heterocycles. The fourth-order valence-electron chi connectivity index (χ4n) is 2.38. The number of nitrogens with two attached hydrogens (primary N) is 1. The number of hydrogen-bond donors (Lipinski definition) is 1. The molecule has 0 amide bonds. The molecule has 2 aromatic carbocycles. The van der Waals surface area contributed by atoms with Gasteiger partial charge < -0.3 is 10.5 Å². The van der Waals surface area contributed by atoms with Gasteiger partial charge in [0.25, 0.3) is 0 Å².